The molecule has 1 aromatic heterocycles. The van der Waals surface area contributed by atoms with E-state index < -0.39 is 11.9 Å². The van der Waals surface area contributed by atoms with Gasteiger partial charge in [-0.05, 0) is 5.56 Å². The highest BCUT2D eigenvalue weighted by atomic mass is 32.1. The SMILES string of the molecule is CCc1nsc(NCC(C(=O)O)c2ccccc2)n1. The number of carboxylic acids is 1. The van der Waals surface area contributed by atoms with Gasteiger partial charge in [0, 0.05) is 24.5 Å². The minimum atomic E-state index is -0.848. The number of aliphatic carboxylic acids is 1. The van der Waals surface area contributed by atoms with Crippen LogP contribution >= 0.6 is 11.5 Å². The van der Waals surface area contributed by atoms with Gasteiger partial charge in [-0.2, -0.15) is 4.37 Å². The number of carbonyl (C=O) groups is 1. The number of hydrogen-bond acceptors (Lipinski definition) is 5. The predicted octanol–water partition coefficient (Wildman–Crippen LogP) is 2.38. The van der Waals surface area contributed by atoms with Crippen LogP contribution < -0.4 is 5.32 Å². The number of hydrogen-bond donors (Lipinski definition) is 2. The lowest BCUT2D eigenvalue weighted by Crippen LogP contribution is -2.20. The number of nitrogens with one attached hydrogen (secondary N) is 1. The van der Waals surface area contributed by atoms with Crippen molar-refractivity contribution in [2.24, 2.45) is 0 Å². The first-order valence-electron chi connectivity index (χ1n) is 6.05. The van der Waals surface area contributed by atoms with Crippen molar-refractivity contribution in [3.8, 4) is 0 Å². The first kappa shape index (κ1) is 13.5. The third-order valence-electron chi connectivity index (χ3n) is 2.74. The molecule has 0 amide bonds. The van der Waals surface area contributed by atoms with Gasteiger partial charge in [-0.1, -0.05) is 37.3 Å². The average molecular weight is 277 g/mol. The van der Waals surface area contributed by atoms with E-state index in [0.717, 1.165) is 17.8 Å². The van der Waals surface area contributed by atoms with Crippen molar-refractivity contribution in [2.75, 3.05) is 11.9 Å². The lowest BCUT2D eigenvalue weighted by Gasteiger charge is -2.12. The zero-order valence-electron chi connectivity index (χ0n) is 10.5. The molecule has 1 heterocycles. The Morgan fingerprint density at radius 1 is 1.42 bits per heavy atom. The third-order valence-corrected chi connectivity index (χ3v) is 3.45. The Morgan fingerprint density at radius 3 is 2.74 bits per heavy atom. The Morgan fingerprint density at radius 2 is 2.16 bits per heavy atom. The second kappa shape index (κ2) is 6.29. The standard InChI is InChI=1S/C13H15N3O2S/c1-2-11-15-13(19-16-11)14-8-10(12(17)18)9-6-4-3-5-7-9/h3-7,10H,2,8H2,1H3,(H,17,18)(H,14,15,16). The highest BCUT2D eigenvalue weighted by molar-refractivity contribution is 7.09. The molecule has 19 heavy (non-hydrogen) atoms. The summed E-state index contributed by atoms with van der Waals surface area (Å²) in [5, 5.41) is 13.0. The number of aromatic nitrogens is 2. The molecule has 0 bridgehead atoms. The van der Waals surface area contributed by atoms with Crippen LogP contribution in [0.2, 0.25) is 0 Å². The van der Waals surface area contributed by atoms with Gasteiger partial charge in [0.1, 0.15) is 5.82 Å². The predicted molar refractivity (Wildman–Crippen MR) is 74.6 cm³/mol. The van der Waals surface area contributed by atoms with Crippen molar-refractivity contribution in [2.45, 2.75) is 19.3 Å². The third kappa shape index (κ3) is 3.51. The van der Waals surface area contributed by atoms with Crippen LogP contribution in [0.25, 0.3) is 0 Å². The summed E-state index contributed by atoms with van der Waals surface area (Å²) >= 11 is 1.26. The fourth-order valence-corrected chi connectivity index (χ4v) is 2.35. The number of nitrogens with zero attached hydrogens (tertiary/aromatic N) is 2. The molecular weight excluding hydrogens is 262 g/mol. The zero-order valence-corrected chi connectivity index (χ0v) is 11.4. The highest BCUT2D eigenvalue weighted by Gasteiger charge is 2.19. The first-order valence-corrected chi connectivity index (χ1v) is 6.82. The van der Waals surface area contributed by atoms with Crippen LogP contribution in [0.15, 0.2) is 30.3 Å². The smallest absolute Gasteiger partial charge is 0.312 e. The number of rotatable bonds is 6. The molecule has 0 spiro atoms. The van der Waals surface area contributed by atoms with Crippen LogP contribution in [-0.2, 0) is 11.2 Å². The Labute approximate surface area is 115 Å². The Bertz CT molecular complexity index is 542. The number of anilines is 1. The molecular formula is C13H15N3O2S. The van der Waals surface area contributed by atoms with E-state index in [9.17, 15) is 9.90 Å². The molecule has 2 N–H and O–H groups in total. The van der Waals surface area contributed by atoms with Gasteiger partial charge in [0.15, 0.2) is 0 Å². The molecule has 0 saturated heterocycles. The van der Waals surface area contributed by atoms with Gasteiger partial charge in [0.05, 0.1) is 5.92 Å². The van der Waals surface area contributed by atoms with Crippen molar-refractivity contribution in [1.82, 2.24) is 9.36 Å². The molecule has 0 saturated carbocycles. The summed E-state index contributed by atoms with van der Waals surface area (Å²) in [4.78, 5) is 15.6. The second-order valence-corrected chi connectivity index (χ2v) is 4.80. The van der Waals surface area contributed by atoms with Crippen molar-refractivity contribution in [3.05, 3.63) is 41.7 Å². The molecule has 1 unspecified atom stereocenters. The van der Waals surface area contributed by atoms with Crippen LogP contribution in [0.1, 0.15) is 24.2 Å². The Kier molecular flexibility index (Phi) is 4.46. The van der Waals surface area contributed by atoms with E-state index in [4.69, 9.17) is 0 Å². The van der Waals surface area contributed by atoms with Crippen LogP contribution in [0, 0.1) is 0 Å². The van der Waals surface area contributed by atoms with Gasteiger partial charge in [-0.3, -0.25) is 4.79 Å². The summed E-state index contributed by atoms with van der Waals surface area (Å²) in [5.74, 6) is -0.659. The molecule has 2 rings (SSSR count). The van der Waals surface area contributed by atoms with Crippen molar-refractivity contribution in [3.63, 3.8) is 0 Å². The summed E-state index contributed by atoms with van der Waals surface area (Å²) in [5.41, 5.74) is 0.780. The Balaban J connectivity index is 2.04. The van der Waals surface area contributed by atoms with Gasteiger partial charge < -0.3 is 10.4 Å². The lowest BCUT2D eigenvalue weighted by atomic mass is 9.99. The van der Waals surface area contributed by atoms with E-state index in [1.54, 1.807) is 0 Å². The fourth-order valence-electron chi connectivity index (χ4n) is 1.69. The first-order chi connectivity index (χ1) is 9.20. The topological polar surface area (TPSA) is 75.1 Å². The highest BCUT2D eigenvalue weighted by Crippen LogP contribution is 2.18. The summed E-state index contributed by atoms with van der Waals surface area (Å²) in [6.07, 6.45) is 0.777. The van der Waals surface area contributed by atoms with Crippen molar-refractivity contribution < 1.29 is 9.90 Å². The van der Waals surface area contributed by atoms with Crippen LogP contribution in [-0.4, -0.2) is 27.0 Å². The van der Waals surface area contributed by atoms with Gasteiger partial charge in [-0.15, -0.1) is 0 Å². The number of aryl methyl sites for hydroxylation is 1. The van der Waals surface area contributed by atoms with Gasteiger partial charge in [0.2, 0.25) is 5.13 Å². The maximum Gasteiger partial charge on any atom is 0.312 e. The molecule has 1 aromatic carbocycles. The minimum absolute atomic E-state index is 0.303. The Hall–Kier alpha value is -1.95. The molecule has 2 aromatic rings. The van der Waals surface area contributed by atoms with Crippen LogP contribution in [0.5, 0.6) is 0 Å². The van der Waals surface area contributed by atoms with E-state index in [1.807, 2.05) is 37.3 Å². The van der Waals surface area contributed by atoms with E-state index in [2.05, 4.69) is 14.7 Å². The summed E-state index contributed by atoms with van der Waals surface area (Å²) in [6.45, 7) is 2.29. The summed E-state index contributed by atoms with van der Waals surface area (Å²) in [6, 6.07) is 9.18. The molecule has 0 radical (unpaired) electrons. The molecule has 6 heteroatoms. The molecule has 0 aliphatic rings. The van der Waals surface area contributed by atoms with E-state index in [0.29, 0.717) is 11.7 Å². The van der Waals surface area contributed by atoms with E-state index in [1.165, 1.54) is 11.5 Å². The maximum atomic E-state index is 11.3. The normalized spacial score (nSPS) is 12.1. The van der Waals surface area contributed by atoms with Gasteiger partial charge >= 0.3 is 5.97 Å². The molecule has 0 aliphatic carbocycles. The molecule has 0 aliphatic heterocycles. The van der Waals surface area contributed by atoms with Crippen LogP contribution in [0.3, 0.4) is 0 Å². The lowest BCUT2D eigenvalue weighted by molar-refractivity contribution is -0.138. The van der Waals surface area contributed by atoms with Crippen molar-refractivity contribution in [1.29, 1.82) is 0 Å². The summed E-state index contributed by atoms with van der Waals surface area (Å²) in [7, 11) is 0. The molecule has 5 nitrogen and oxygen atoms in total. The molecule has 100 valence electrons. The van der Waals surface area contributed by atoms with Crippen LogP contribution in [0.4, 0.5) is 5.13 Å². The largest absolute Gasteiger partial charge is 0.481 e. The van der Waals surface area contributed by atoms with Gasteiger partial charge in [0.25, 0.3) is 0 Å². The molecule has 1 atom stereocenters. The summed E-state index contributed by atoms with van der Waals surface area (Å²) < 4.78 is 4.15. The van der Waals surface area contributed by atoms with E-state index in [-0.39, 0.29) is 0 Å². The quantitative estimate of drug-likeness (QED) is 0.848. The zero-order chi connectivity index (χ0) is 13.7. The number of benzene rings is 1. The monoisotopic (exact) mass is 277 g/mol. The fraction of sp³-hybridized carbons (Fsp3) is 0.308. The maximum absolute atomic E-state index is 11.3. The van der Waals surface area contributed by atoms with E-state index >= 15 is 0 Å². The minimum Gasteiger partial charge on any atom is -0.481 e. The van der Waals surface area contributed by atoms with Crippen molar-refractivity contribution >= 4 is 22.6 Å². The molecule has 0 fully saturated rings. The van der Waals surface area contributed by atoms with Gasteiger partial charge in [-0.25, -0.2) is 4.98 Å². The second-order valence-electron chi connectivity index (χ2n) is 4.05. The number of carboxylic acid groups (broad SMARTS) is 1. The average Bonchev–Trinajstić information content (AvgIpc) is 2.88.